The van der Waals surface area contributed by atoms with E-state index in [1.54, 1.807) is 18.0 Å². The minimum Gasteiger partial charge on any atom is -0.494 e. The van der Waals surface area contributed by atoms with E-state index >= 15 is 0 Å². The average molecular weight is 258 g/mol. The van der Waals surface area contributed by atoms with E-state index in [1.807, 2.05) is 31.4 Å². The molecule has 1 aliphatic heterocycles. The Hall–Kier alpha value is -2.50. The number of nitrogens with one attached hydrogen (secondary N) is 2. The molecule has 0 radical (unpaired) electrons. The summed E-state index contributed by atoms with van der Waals surface area (Å²) < 4.78 is 6.91. The minimum absolute atomic E-state index is 0.120. The van der Waals surface area contributed by atoms with Gasteiger partial charge in [0.25, 0.3) is 5.91 Å². The molecule has 0 saturated heterocycles. The van der Waals surface area contributed by atoms with Crippen LogP contribution in [0.4, 0.5) is 11.4 Å². The maximum atomic E-state index is 12.2. The topological polar surface area (TPSA) is 68.2 Å². The zero-order valence-electron chi connectivity index (χ0n) is 10.7. The molecule has 0 aliphatic carbocycles. The van der Waals surface area contributed by atoms with Gasteiger partial charge in [-0.15, -0.1) is 0 Å². The van der Waals surface area contributed by atoms with Gasteiger partial charge < -0.3 is 15.4 Å². The summed E-state index contributed by atoms with van der Waals surface area (Å²) in [6.07, 6.45) is 3.50. The van der Waals surface area contributed by atoms with E-state index in [-0.39, 0.29) is 5.91 Å². The Morgan fingerprint density at radius 2 is 2.26 bits per heavy atom. The van der Waals surface area contributed by atoms with E-state index < -0.39 is 6.04 Å². The lowest BCUT2D eigenvalue weighted by Gasteiger charge is -2.27. The molecular weight excluding hydrogens is 244 g/mol. The van der Waals surface area contributed by atoms with E-state index in [2.05, 4.69) is 15.7 Å². The summed E-state index contributed by atoms with van der Waals surface area (Å²) in [5, 5.41) is 10.2. The Bertz CT molecular complexity index is 635. The molecule has 19 heavy (non-hydrogen) atoms. The van der Waals surface area contributed by atoms with Crippen LogP contribution in [0.2, 0.25) is 0 Å². The van der Waals surface area contributed by atoms with Gasteiger partial charge >= 0.3 is 0 Å². The number of aryl methyl sites for hydroxylation is 1. The predicted octanol–water partition coefficient (Wildman–Crippen LogP) is 1.53. The minimum atomic E-state index is -0.437. The van der Waals surface area contributed by atoms with Crippen molar-refractivity contribution in [1.82, 2.24) is 9.78 Å². The lowest BCUT2D eigenvalue weighted by molar-refractivity contribution is -0.117. The number of para-hydroxylation sites is 1. The summed E-state index contributed by atoms with van der Waals surface area (Å²) in [4.78, 5) is 12.2. The summed E-state index contributed by atoms with van der Waals surface area (Å²) in [5.41, 5.74) is 2.34. The summed E-state index contributed by atoms with van der Waals surface area (Å²) in [7, 11) is 3.40. The maximum Gasteiger partial charge on any atom is 0.251 e. The second kappa shape index (κ2) is 4.31. The molecule has 1 aromatic heterocycles. The highest BCUT2D eigenvalue weighted by Gasteiger charge is 2.29. The van der Waals surface area contributed by atoms with Crippen molar-refractivity contribution >= 4 is 17.3 Å². The number of rotatable bonds is 2. The summed E-state index contributed by atoms with van der Waals surface area (Å²) in [6.45, 7) is 0. The maximum absolute atomic E-state index is 12.2. The first-order valence-electron chi connectivity index (χ1n) is 5.92. The number of hydrogen-bond acceptors (Lipinski definition) is 4. The fourth-order valence-electron chi connectivity index (χ4n) is 2.19. The van der Waals surface area contributed by atoms with Crippen LogP contribution in [0.25, 0.3) is 0 Å². The fraction of sp³-hybridized carbons (Fsp3) is 0.231. The highest BCUT2D eigenvalue weighted by Crippen LogP contribution is 2.38. The standard InChI is InChI=1S/C13H14N4O2/c1-17-7-8(6-14-17)11-13(18)16-12-9(15-11)4-3-5-10(12)19-2/h3-7,11,15H,1-2H3,(H,16,18). The van der Waals surface area contributed by atoms with Gasteiger partial charge in [-0.25, -0.2) is 0 Å². The van der Waals surface area contributed by atoms with E-state index in [0.717, 1.165) is 11.3 Å². The van der Waals surface area contributed by atoms with Gasteiger partial charge in [0, 0.05) is 18.8 Å². The summed E-state index contributed by atoms with van der Waals surface area (Å²) in [5.74, 6) is 0.521. The van der Waals surface area contributed by atoms with Gasteiger partial charge in [-0.1, -0.05) is 6.07 Å². The van der Waals surface area contributed by atoms with Crippen LogP contribution in [0.1, 0.15) is 11.6 Å². The number of methoxy groups -OCH3 is 1. The van der Waals surface area contributed by atoms with Gasteiger partial charge in [-0.05, 0) is 12.1 Å². The Labute approximate surface area is 110 Å². The fourth-order valence-corrected chi connectivity index (χ4v) is 2.19. The molecule has 0 spiro atoms. The molecular formula is C13H14N4O2. The molecule has 2 N–H and O–H groups in total. The number of aromatic nitrogens is 2. The largest absolute Gasteiger partial charge is 0.494 e. The van der Waals surface area contributed by atoms with Crippen LogP contribution >= 0.6 is 0 Å². The van der Waals surface area contributed by atoms with Crippen molar-refractivity contribution in [3.63, 3.8) is 0 Å². The highest BCUT2D eigenvalue weighted by atomic mass is 16.5. The van der Waals surface area contributed by atoms with Gasteiger partial charge in [0.15, 0.2) is 0 Å². The number of nitrogens with zero attached hydrogens (tertiary/aromatic N) is 2. The molecule has 1 atom stereocenters. The quantitative estimate of drug-likeness (QED) is 0.857. The Balaban J connectivity index is 1.98. The molecule has 98 valence electrons. The monoisotopic (exact) mass is 258 g/mol. The predicted molar refractivity (Wildman–Crippen MR) is 71.2 cm³/mol. The Morgan fingerprint density at radius 1 is 1.42 bits per heavy atom. The second-order valence-electron chi connectivity index (χ2n) is 4.40. The second-order valence-corrected chi connectivity index (χ2v) is 4.40. The van der Waals surface area contributed by atoms with Crippen LogP contribution < -0.4 is 15.4 Å². The molecule has 1 aliphatic rings. The number of ether oxygens (including phenoxy) is 1. The Kier molecular flexibility index (Phi) is 2.63. The zero-order valence-corrected chi connectivity index (χ0v) is 10.7. The normalized spacial score (nSPS) is 17.4. The van der Waals surface area contributed by atoms with Crippen LogP contribution in [0.15, 0.2) is 30.6 Å². The summed E-state index contributed by atoms with van der Waals surface area (Å²) >= 11 is 0. The molecule has 3 rings (SSSR count). The number of carbonyl (C=O) groups excluding carboxylic acids is 1. The third kappa shape index (κ3) is 1.91. The van der Waals surface area contributed by atoms with Crippen molar-refractivity contribution in [3.8, 4) is 5.75 Å². The van der Waals surface area contributed by atoms with Crippen molar-refractivity contribution in [3.05, 3.63) is 36.2 Å². The van der Waals surface area contributed by atoms with E-state index in [4.69, 9.17) is 4.74 Å². The number of carbonyl (C=O) groups is 1. The van der Waals surface area contributed by atoms with E-state index in [1.165, 1.54) is 0 Å². The first-order chi connectivity index (χ1) is 9.19. The molecule has 6 heteroatoms. The first-order valence-corrected chi connectivity index (χ1v) is 5.92. The molecule has 0 saturated carbocycles. The molecule has 0 fully saturated rings. The highest BCUT2D eigenvalue weighted by molar-refractivity contribution is 6.05. The van der Waals surface area contributed by atoms with Crippen molar-refractivity contribution in [2.75, 3.05) is 17.7 Å². The van der Waals surface area contributed by atoms with Crippen LogP contribution in [0, 0.1) is 0 Å². The van der Waals surface area contributed by atoms with E-state index in [9.17, 15) is 4.79 Å². The van der Waals surface area contributed by atoms with Crippen molar-refractivity contribution in [1.29, 1.82) is 0 Å². The molecule has 2 heterocycles. The molecule has 1 unspecified atom stereocenters. The van der Waals surface area contributed by atoms with Crippen molar-refractivity contribution in [2.45, 2.75) is 6.04 Å². The van der Waals surface area contributed by atoms with Gasteiger partial charge in [0.05, 0.1) is 19.0 Å². The lowest BCUT2D eigenvalue weighted by atomic mass is 10.1. The molecule has 1 amide bonds. The number of amides is 1. The SMILES string of the molecule is COc1cccc2c1NC(=O)C(c1cnn(C)c1)N2. The van der Waals surface area contributed by atoms with Gasteiger partial charge in [0.1, 0.15) is 17.5 Å². The smallest absolute Gasteiger partial charge is 0.251 e. The number of fused-ring (bicyclic) bond motifs is 1. The van der Waals surface area contributed by atoms with Gasteiger partial charge in [-0.2, -0.15) is 5.10 Å². The first kappa shape index (κ1) is 11.6. The zero-order chi connectivity index (χ0) is 13.4. The molecule has 1 aromatic carbocycles. The summed E-state index contributed by atoms with van der Waals surface area (Å²) in [6, 6.07) is 5.15. The van der Waals surface area contributed by atoms with Gasteiger partial charge in [-0.3, -0.25) is 9.48 Å². The third-order valence-corrected chi connectivity index (χ3v) is 3.11. The molecule has 6 nitrogen and oxygen atoms in total. The Morgan fingerprint density at radius 3 is 2.95 bits per heavy atom. The van der Waals surface area contributed by atoms with Crippen molar-refractivity contribution < 1.29 is 9.53 Å². The lowest BCUT2D eigenvalue weighted by Crippen LogP contribution is -2.32. The average Bonchev–Trinajstić information content (AvgIpc) is 2.84. The number of anilines is 2. The number of benzene rings is 1. The third-order valence-electron chi connectivity index (χ3n) is 3.11. The van der Waals surface area contributed by atoms with Crippen LogP contribution in [0.5, 0.6) is 5.75 Å². The van der Waals surface area contributed by atoms with Crippen LogP contribution in [0.3, 0.4) is 0 Å². The van der Waals surface area contributed by atoms with Crippen LogP contribution in [-0.2, 0) is 11.8 Å². The van der Waals surface area contributed by atoms with E-state index in [0.29, 0.717) is 11.4 Å². The van der Waals surface area contributed by atoms with Crippen LogP contribution in [-0.4, -0.2) is 22.8 Å². The van der Waals surface area contributed by atoms with Crippen molar-refractivity contribution in [2.24, 2.45) is 7.05 Å². The van der Waals surface area contributed by atoms with Gasteiger partial charge in [0.2, 0.25) is 0 Å². The number of hydrogen-bond donors (Lipinski definition) is 2. The molecule has 0 bridgehead atoms. The molecule has 2 aromatic rings.